The summed E-state index contributed by atoms with van der Waals surface area (Å²) in [5.74, 6) is 1.65. The van der Waals surface area contributed by atoms with Crippen LogP contribution in [0.3, 0.4) is 0 Å². The van der Waals surface area contributed by atoms with Gasteiger partial charge in [0.05, 0.1) is 0 Å². The smallest absolute Gasteiger partial charge is 0.0457 e. The Morgan fingerprint density at radius 2 is 2.19 bits per heavy atom. The molecular weight excluding hydrogens is 262 g/mol. The lowest BCUT2D eigenvalue weighted by Gasteiger charge is -2.08. The molecule has 0 bridgehead atoms. The van der Waals surface area contributed by atoms with Crippen LogP contribution >= 0.6 is 15.9 Å². The van der Waals surface area contributed by atoms with Crippen LogP contribution in [-0.2, 0) is 0 Å². The van der Waals surface area contributed by atoms with Crippen molar-refractivity contribution < 1.29 is 0 Å². The largest absolute Gasteiger partial charge is 0.361 e. The maximum atomic E-state index is 3.56. The number of benzene rings is 1. The van der Waals surface area contributed by atoms with Crippen LogP contribution in [-0.4, -0.2) is 4.98 Å². The zero-order valence-electron chi connectivity index (χ0n) is 9.46. The van der Waals surface area contributed by atoms with Gasteiger partial charge in [-0.1, -0.05) is 29.3 Å². The molecule has 1 fully saturated rings. The number of H-pyrrole nitrogens is 1. The van der Waals surface area contributed by atoms with E-state index < -0.39 is 0 Å². The van der Waals surface area contributed by atoms with Gasteiger partial charge in [-0.3, -0.25) is 0 Å². The maximum absolute atomic E-state index is 3.56. The van der Waals surface area contributed by atoms with Gasteiger partial charge in [-0.05, 0) is 48.4 Å². The Kier molecular flexibility index (Phi) is 2.55. The molecule has 2 unspecified atom stereocenters. The van der Waals surface area contributed by atoms with Gasteiger partial charge in [-0.2, -0.15) is 0 Å². The molecule has 0 spiro atoms. The molecule has 3 rings (SSSR count). The van der Waals surface area contributed by atoms with E-state index in [2.05, 4.69) is 52.2 Å². The minimum Gasteiger partial charge on any atom is -0.361 e. The molecule has 84 valence electrons. The Bertz CT molecular complexity index is 514. The number of fused-ring (bicyclic) bond motifs is 1. The van der Waals surface area contributed by atoms with Crippen LogP contribution in [0.5, 0.6) is 0 Å². The van der Waals surface area contributed by atoms with Gasteiger partial charge in [0, 0.05) is 21.6 Å². The van der Waals surface area contributed by atoms with Gasteiger partial charge in [0.1, 0.15) is 0 Å². The van der Waals surface area contributed by atoms with Crippen molar-refractivity contribution in [3.8, 4) is 0 Å². The average molecular weight is 278 g/mol. The third-order valence-electron chi connectivity index (χ3n) is 3.81. The highest BCUT2D eigenvalue weighted by atomic mass is 79.9. The van der Waals surface area contributed by atoms with E-state index in [1.165, 1.54) is 40.2 Å². The van der Waals surface area contributed by atoms with Crippen LogP contribution in [0.4, 0.5) is 0 Å². The van der Waals surface area contributed by atoms with E-state index in [-0.39, 0.29) is 0 Å². The third-order valence-corrected chi connectivity index (χ3v) is 4.30. The normalized spacial score (nSPS) is 25.4. The first kappa shape index (κ1) is 10.4. The van der Waals surface area contributed by atoms with Gasteiger partial charge in [-0.25, -0.2) is 0 Å². The number of nitrogens with one attached hydrogen (secondary N) is 1. The van der Waals surface area contributed by atoms with Crippen molar-refractivity contribution in [1.29, 1.82) is 0 Å². The average Bonchev–Trinajstić information content (AvgIpc) is 2.83. The highest BCUT2D eigenvalue weighted by Gasteiger charge is 2.24. The third kappa shape index (κ3) is 1.69. The molecule has 0 aliphatic heterocycles. The van der Waals surface area contributed by atoms with Crippen molar-refractivity contribution in [3.63, 3.8) is 0 Å². The van der Waals surface area contributed by atoms with E-state index in [0.717, 1.165) is 11.8 Å². The molecule has 2 atom stereocenters. The molecule has 0 amide bonds. The Balaban J connectivity index is 2.06. The molecule has 0 saturated heterocycles. The Morgan fingerprint density at radius 3 is 2.94 bits per heavy atom. The molecule has 2 heteroatoms. The predicted molar refractivity (Wildman–Crippen MR) is 71.8 cm³/mol. The molecule has 1 heterocycles. The molecular formula is C14H16BrN. The quantitative estimate of drug-likeness (QED) is 0.768. The first-order valence-corrected chi connectivity index (χ1v) is 6.80. The van der Waals surface area contributed by atoms with Crippen LogP contribution in [0.2, 0.25) is 0 Å². The molecule has 16 heavy (non-hydrogen) atoms. The van der Waals surface area contributed by atoms with E-state index in [1.54, 1.807) is 0 Å². The highest BCUT2D eigenvalue weighted by Crippen LogP contribution is 2.40. The van der Waals surface area contributed by atoms with Crippen molar-refractivity contribution in [2.75, 3.05) is 0 Å². The summed E-state index contributed by atoms with van der Waals surface area (Å²) >= 11 is 3.56. The number of hydrogen-bond acceptors (Lipinski definition) is 0. The fourth-order valence-corrected chi connectivity index (χ4v) is 3.30. The van der Waals surface area contributed by atoms with Crippen molar-refractivity contribution in [2.24, 2.45) is 5.92 Å². The van der Waals surface area contributed by atoms with Crippen LogP contribution in [0.15, 0.2) is 28.9 Å². The van der Waals surface area contributed by atoms with Crippen LogP contribution in [0.25, 0.3) is 10.9 Å². The van der Waals surface area contributed by atoms with Gasteiger partial charge in [-0.15, -0.1) is 0 Å². The minimum atomic E-state index is 0.762. The summed E-state index contributed by atoms with van der Waals surface area (Å²) in [6.45, 7) is 2.37. The number of hydrogen-bond donors (Lipinski definition) is 1. The van der Waals surface area contributed by atoms with Gasteiger partial charge < -0.3 is 4.98 Å². The van der Waals surface area contributed by atoms with Crippen molar-refractivity contribution in [3.05, 3.63) is 34.4 Å². The molecule has 1 aromatic heterocycles. The molecule has 0 radical (unpaired) electrons. The monoisotopic (exact) mass is 277 g/mol. The molecule has 2 aromatic rings. The second-order valence-corrected chi connectivity index (χ2v) is 5.96. The van der Waals surface area contributed by atoms with Crippen molar-refractivity contribution >= 4 is 26.8 Å². The molecule has 1 N–H and O–H groups in total. The van der Waals surface area contributed by atoms with Gasteiger partial charge >= 0.3 is 0 Å². The summed E-state index contributed by atoms with van der Waals surface area (Å²) in [5.41, 5.74) is 2.78. The Labute approximate surface area is 104 Å². The first-order valence-electron chi connectivity index (χ1n) is 6.00. The molecule has 1 aliphatic rings. The number of aromatic nitrogens is 1. The van der Waals surface area contributed by atoms with E-state index in [0.29, 0.717) is 0 Å². The second kappa shape index (κ2) is 3.92. The minimum absolute atomic E-state index is 0.762. The summed E-state index contributed by atoms with van der Waals surface area (Å²) in [6, 6.07) is 6.49. The zero-order valence-corrected chi connectivity index (χ0v) is 11.0. The number of rotatable bonds is 1. The fraction of sp³-hybridized carbons (Fsp3) is 0.429. The van der Waals surface area contributed by atoms with Crippen LogP contribution in [0.1, 0.15) is 37.7 Å². The number of aromatic amines is 1. The highest BCUT2D eigenvalue weighted by molar-refractivity contribution is 9.10. The molecule has 1 nitrogen and oxygen atoms in total. The fourth-order valence-electron chi connectivity index (χ4n) is 2.94. The number of halogens is 1. The topological polar surface area (TPSA) is 15.8 Å². The SMILES string of the molecule is CC1CCC(c2c[nH]c3ccc(Br)cc23)C1. The van der Waals surface area contributed by atoms with Crippen molar-refractivity contribution in [1.82, 2.24) is 4.98 Å². The lowest BCUT2D eigenvalue weighted by molar-refractivity contribution is 0.597. The predicted octanol–water partition coefficient (Wildman–Crippen LogP) is 4.83. The lowest BCUT2D eigenvalue weighted by Crippen LogP contribution is -1.91. The lowest BCUT2D eigenvalue weighted by atomic mass is 9.96. The van der Waals surface area contributed by atoms with Gasteiger partial charge in [0.15, 0.2) is 0 Å². The zero-order chi connectivity index (χ0) is 11.1. The van der Waals surface area contributed by atoms with Gasteiger partial charge in [0.2, 0.25) is 0 Å². The van der Waals surface area contributed by atoms with E-state index in [9.17, 15) is 0 Å². The summed E-state index contributed by atoms with van der Waals surface area (Å²) in [4.78, 5) is 3.39. The molecule has 1 saturated carbocycles. The maximum Gasteiger partial charge on any atom is 0.0457 e. The van der Waals surface area contributed by atoms with Crippen LogP contribution in [0, 0.1) is 5.92 Å². The summed E-state index contributed by atoms with van der Waals surface area (Å²) in [5, 5.41) is 1.40. The Morgan fingerprint density at radius 1 is 1.31 bits per heavy atom. The van der Waals surface area contributed by atoms with Gasteiger partial charge in [0.25, 0.3) is 0 Å². The summed E-state index contributed by atoms with van der Waals surface area (Å²) in [7, 11) is 0. The molecule has 1 aliphatic carbocycles. The standard InChI is InChI=1S/C14H16BrN/c1-9-2-3-10(6-9)13-8-16-14-5-4-11(15)7-12(13)14/h4-5,7-10,16H,2-3,6H2,1H3. The second-order valence-electron chi connectivity index (χ2n) is 5.05. The summed E-state index contributed by atoms with van der Waals surface area (Å²) in [6.07, 6.45) is 6.28. The van der Waals surface area contributed by atoms with Crippen LogP contribution < -0.4 is 0 Å². The van der Waals surface area contributed by atoms with E-state index in [1.807, 2.05) is 0 Å². The Hall–Kier alpha value is -0.760. The molecule has 1 aromatic carbocycles. The first-order chi connectivity index (χ1) is 7.74. The van der Waals surface area contributed by atoms with E-state index in [4.69, 9.17) is 0 Å². The van der Waals surface area contributed by atoms with Crippen molar-refractivity contribution in [2.45, 2.75) is 32.1 Å². The summed E-state index contributed by atoms with van der Waals surface area (Å²) < 4.78 is 1.17. The van der Waals surface area contributed by atoms with E-state index >= 15 is 0 Å².